The number of hydrogen-bond acceptors (Lipinski definition) is 3. The smallest absolute Gasteiger partial charge is 0.768 e. The van der Waals surface area contributed by atoms with Gasteiger partial charge in [-0.2, -0.15) is 0 Å². The van der Waals surface area contributed by atoms with E-state index in [1.54, 1.807) is 12.1 Å². The molecule has 1 aliphatic rings. The molecule has 2 rings (SSSR count). The zero-order valence-corrected chi connectivity index (χ0v) is 11.6. The predicted octanol–water partition coefficient (Wildman–Crippen LogP) is -2.63. The number of fused-ring (bicyclic) bond motifs is 1. The summed E-state index contributed by atoms with van der Waals surface area (Å²) in [6, 6.07) is 4.13. The van der Waals surface area contributed by atoms with E-state index >= 15 is 0 Å². The van der Waals surface area contributed by atoms with Gasteiger partial charge in [0.25, 0.3) is 0 Å². The summed E-state index contributed by atoms with van der Waals surface area (Å²) in [6.45, 7) is 0.514. The van der Waals surface area contributed by atoms with Gasteiger partial charge in [-0.25, -0.2) is 4.79 Å². The van der Waals surface area contributed by atoms with Crippen LogP contribution in [-0.4, -0.2) is 21.3 Å². The topological polar surface area (TPSA) is 86.5 Å². The number of urea groups is 1. The Kier molecular flexibility index (Phi) is 4.52. The monoisotopic (exact) mass is 248 g/mol. The van der Waals surface area contributed by atoms with E-state index < -0.39 is 17.1 Å². The van der Waals surface area contributed by atoms with Gasteiger partial charge < -0.3 is 10.3 Å². The molecule has 2 amide bonds. The second kappa shape index (κ2) is 5.29. The van der Waals surface area contributed by atoms with Crippen molar-refractivity contribution in [3.8, 4) is 0 Å². The average molecular weight is 248 g/mol. The molecule has 1 aliphatic heterocycles. The summed E-state index contributed by atoms with van der Waals surface area (Å²) in [4.78, 5) is 12.7. The number of primary amides is 1. The fraction of sp³-hybridized carbons (Fsp3) is 0.222. The Morgan fingerprint density at radius 2 is 2.19 bits per heavy atom. The average Bonchev–Trinajstić information content (AvgIpc) is 2.59. The quantitative estimate of drug-likeness (QED) is 0.436. The van der Waals surface area contributed by atoms with Gasteiger partial charge in [0, 0.05) is 17.1 Å². The van der Waals surface area contributed by atoms with Crippen molar-refractivity contribution in [1.82, 2.24) is 0 Å². The minimum Gasteiger partial charge on any atom is -0.768 e. The first-order valence-electron chi connectivity index (χ1n) is 4.39. The number of nitrogens with two attached hydrogens (primary N) is 1. The largest absolute Gasteiger partial charge is 1.00 e. The molecule has 0 radical (unpaired) electrons. The van der Waals surface area contributed by atoms with Crippen LogP contribution >= 0.6 is 0 Å². The van der Waals surface area contributed by atoms with E-state index in [4.69, 9.17) is 5.73 Å². The van der Waals surface area contributed by atoms with E-state index in [0.29, 0.717) is 18.7 Å². The normalized spacial score (nSPS) is 15.2. The van der Waals surface area contributed by atoms with Crippen LogP contribution in [-0.2, 0) is 17.5 Å². The van der Waals surface area contributed by atoms with Crippen LogP contribution in [0.25, 0.3) is 0 Å². The molecule has 1 heterocycles. The maximum absolute atomic E-state index is 11.0. The molecule has 16 heavy (non-hydrogen) atoms. The summed E-state index contributed by atoms with van der Waals surface area (Å²) in [5.41, 5.74) is 6.72. The summed E-state index contributed by atoms with van der Waals surface area (Å²) in [6.07, 6.45) is 0.642. The molecule has 0 aliphatic carbocycles. The van der Waals surface area contributed by atoms with Crippen molar-refractivity contribution in [2.75, 3.05) is 11.4 Å². The van der Waals surface area contributed by atoms with Crippen molar-refractivity contribution in [3.63, 3.8) is 0 Å². The van der Waals surface area contributed by atoms with Gasteiger partial charge in [0.05, 0.1) is 0 Å². The third kappa shape index (κ3) is 2.46. The fourth-order valence-corrected chi connectivity index (χ4v) is 2.13. The van der Waals surface area contributed by atoms with Crippen LogP contribution in [0.1, 0.15) is 5.56 Å². The third-order valence-electron chi connectivity index (χ3n) is 2.40. The second-order valence-corrected chi connectivity index (χ2v) is 4.21. The van der Waals surface area contributed by atoms with Crippen LogP contribution in [0.2, 0.25) is 0 Å². The van der Waals surface area contributed by atoms with Gasteiger partial charge in [0.1, 0.15) is 0 Å². The van der Waals surface area contributed by atoms with Gasteiger partial charge in [-0.3, -0.25) is 9.11 Å². The van der Waals surface area contributed by atoms with E-state index in [2.05, 4.69) is 0 Å². The van der Waals surface area contributed by atoms with Gasteiger partial charge in [0.2, 0.25) is 0 Å². The predicted molar refractivity (Wildman–Crippen MR) is 54.3 cm³/mol. The molecule has 0 saturated carbocycles. The molecule has 2 N–H and O–H groups in total. The molecule has 1 unspecified atom stereocenters. The number of hydrogen-bond donors (Lipinski definition) is 1. The molecule has 0 spiro atoms. The molecule has 1 atom stereocenters. The maximum Gasteiger partial charge on any atom is 1.00 e. The Hall–Kier alpha value is -0.400. The fourth-order valence-electron chi connectivity index (χ4n) is 1.71. The molecule has 1 aromatic rings. The molecule has 7 heteroatoms. The van der Waals surface area contributed by atoms with Crippen molar-refractivity contribution in [2.24, 2.45) is 5.73 Å². The van der Waals surface area contributed by atoms with Crippen molar-refractivity contribution in [3.05, 3.63) is 23.8 Å². The van der Waals surface area contributed by atoms with Crippen molar-refractivity contribution < 1.29 is 43.1 Å². The molecule has 0 aromatic heterocycles. The molecule has 0 bridgehead atoms. The Balaban J connectivity index is 0.00000128. The molecule has 0 fully saturated rings. The van der Waals surface area contributed by atoms with Gasteiger partial charge in [-0.15, -0.1) is 0 Å². The number of benzene rings is 1. The summed E-state index contributed by atoms with van der Waals surface area (Å²) in [7, 11) is 0. The zero-order chi connectivity index (χ0) is 11.0. The Morgan fingerprint density at radius 1 is 1.50 bits per heavy atom. The van der Waals surface area contributed by atoms with Gasteiger partial charge in [-0.05, 0) is 41.3 Å². The minimum atomic E-state index is -2.23. The molecule has 80 valence electrons. The summed E-state index contributed by atoms with van der Waals surface area (Å²) >= 11 is -2.23. The molecule has 0 saturated heterocycles. The summed E-state index contributed by atoms with van der Waals surface area (Å²) in [5.74, 6) is 0. The van der Waals surface area contributed by atoms with Crippen molar-refractivity contribution in [1.29, 1.82) is 0 Å². The molecule has 1 aromatic carbocycles. The first kappa shape index (κ1) is 13.7. The number of carbonyl (C=O) groups excluding carboxylic acids is 1. The van der Waals surface area contributed by atoms with Crippen LogP contribution in [0.4, 0.5) is 10.5 Å². The Bertz CT molecular complexity index is 452. The zero-order valence-electron chi connectivity index (χ0n) is 8.80. The molecule has 5 nitrogen and oxygen atoms in total. The van der Waals surface area contributed by atoms with E-state index in [0.717, 1.165) is 5.56 Å². The number of rotatable bonds is 1. The van der Waals surface area contributed by atoms with E-state index in [9.17, 15) is 13.6 Å². The van der Waals surface area contributed by atoms with Crippen LogP contribution in [0.15, 0.2) is 23.1 Å². The standard InChI is InChI=1S/C9H10N2O3S.Na/c10-9(12)11-4-3-6-5-7(15(13)14)1-2-8(6)11;/h1-2,5H,3-4H2,(H2,10,12)(H,13,14);/q;+1/p-1. The number of anilines is 1. The summed E-state index contributed by atoms with van der Waals surface area (Å²) < 4.78 is 21.4. The van der Waals surface area contributed by atoms with E-state index in [1.807, 2.05) is 0 Å². The van der Waals surface area contributed by atoms with Crippen LogP contribution in [0, 0.1) is 0 Å². The van der Waals surface area contributed by atoms with Crippen LogP contribution < -0.4 is 40.2 Å². The van der Waals surface area contributed by atoms with Crippen LogP contribution in [0.3, 0.4) is 0 Å². The number of nitrogens with zero attached hydrogens (tertiary/aromatic N) is 1. The maximum atomic E-state index is 11.0. The van der Waals surface area contributed by atoms with E-state index in [1.165, 1.54) is 11.0 Å². The van der Waals surface area contributed by atoms with Crippen molar-refractivity contribution in [2.45, 2.75) is 11.3 Å². The van der Waals surface area contributed by atoms with Gasteiger partial charge in [-0.1, -0.05) is 0 Å². The van der Waals surface area contributed by atoms with Crippen LogP contribution in [0.5, 0.6) is 0 Å². The van der Waals surface area contributed by atoms with Gasteiger partial charge in [0.15, 0.2) is 0 Å². The van der Waals surface area contributed by atoms with Gasteiger partial charge >= 0.3 is 35.6 Å². The first-order chi connectivity index (χ1) is 7.09. The van der Waals surface area contributed by atoms with E-state index in [-0.39, 0.29) is 34.5 Å². The third-order valence-corrected chi connectivity index (χ3v) is 3.04. The number of carbonyl (C=O) groups is 1. The molecular weight excluding hydrogens is 239 g/mol. The second-order valence-electron chi connectivity index (χ2n) is 3.27. The Labute approximate surface area is 118 Å². The SMILES string of the molecule is NC(=O)N1CCc2cc(S(=O)[O-])ccc21.[Na+]. The molecular formula is C9H9N2NaO3S. The Morgan fingerprint density at radius 3 is 2.75 bits per heavy atom. The summed E-state index contributed by atoms with van der Waals surface area (Å²) in [5, 5.41) is 0. The number of amides is 2. The van der Waals surface area contributed by atoms with Crippen molar-refractivity contribution >= 4 is 22.8 Å². The minimum absolute atomic E-state index is 0. The first-order valence-corrected chi connectivity index (χ1v) is 5.46.